The van der Waals surface area contributed by atoms with Gasteiger partial charge in [-0.25, -0.2) is 4.39 Å². The van der Waals surface area contributed by atoms with Crippen LogP contribution in [0, 0.1) is 5.82 Å². The van der Waals surface area contributed by atoms with Crippen LogP contribution in [0.5, 0.6) is 0 Å². The summed E-state index contributed by atoms with van der Waals surface area (Å²) < 4.78 is 13.3. The van der Waals surface area contributed by atoms with E-state index in [0.29, 0.717) is 24.2 Å². The lowest BCUT2D eigenvalue weighted by Gasteiger charge is -2.32. The van der Waals surface area contributed by atoms with Gasteiger partial charge in [0.25, 0.3) is 0 Å². The Balaban J connectivity index is 0.00000420. The molecule has 0 aromatic heterocycles. The topological polar surface area (TPSA) is 82.8 Å². The first-order valence-electron chi connectivity index (χ1n) is 9.72. The van der Waals surface area contributed by atoms with Crippen molar-refractivity contribution in [3.8, 4) is 0 Å². The van der Waals surface area contributed by atoms with Gasteiger partial charge in [-0.1, -0.05) is 31.5 Å². The highest BCUT2D eigenvalue weighted by Gasteiger charge is 2.25. The number of benzene rings is 1. The molecule has 1 aromatic rings. The van der Waals surface area contributed by atoms with Crippen LogP contribution in [0.25, 0.3) is 0 Å². The molecule has 0 saturated carbocycles. The van der Waals surface area contributed by atoms with Crippen molar-refractivity contribution in [3.63, 3.8) is 0 Å². The first-order valence-corrected chi connectivity index (χ1v) is 10.1. The number of carbonyl (C=O) groups excluding carboxylic acids is 1. The average molecular weight is 540 g/mol. The van der Waals surface area contributed by atoms with Crippen LogP contribution in [0.3, 0.4) is 0 Å². The lowest BCUT2D eigenvalue weighted by molar-refractivity contribution is -0.119. The first-order chi connectivity index (χ1) is 13.2. The standard InChI is InChI=1S/C20H31ClFN5O.HI/c1-4-24-19(26-15-7-9-27(10-8-15)12-18(23)28)25-13-20(2,3)16-6-5-14(22)11-17(16)21;/h5-6,11,15H,4,7-10,12-13H2,1-3H3,(H2,23,28)(H2,24,25,26);1H. The number of amides is 1. The molecule has 1 saturated heterocycles. The Morgan fingerprint density at radius 2 is 2.03 bits per heavy atom. The van der Waals surface area contributed by atoms with Gasteiger partial charge >= 0.3 is 0 Å². The van der Waals surface area contributed by atoms with Gasteiger partial charge in [0.05, 0.1) is 13.1 Å². The minimum absolute atomic E-state index is 0. The molecular formula is C20H32ClFIN5O. The minimum Gasteiger partial charge on any atom is -0.369 e. The fourth-order valence-electron chi connectivity index (χ4n) is 3.37. The largest absolute Gasteiger partial charge is 0.369 e. The van der Waals surface area contributed by atoms with Crippen LogP contribution >= 0.6 is 35.6 Å². The zero-order chi connectivity index (χ0) is 20.7. The molecule has 6 nitrogen and oxygen atoms in total. The second-order valence-corrected chi connectivity index (χ2v) is 8.27. The number of rotatable bonds is 7. The van der Waals surface area contributed by atoms with E-state index in [9.17, 15) is 9.18 Å². The van der Waals surface area contributed by atoms with Crippen LogP contribution < -0.4 is 16.4 Å². The zero-order valence-corrected chi connectivity index (χ0v) is 20.4. The number of guanidine groups is 1. The molecule has 0 radical (unpaired) electrons. The van der Waals surface area contributed by atoms with Crippen molar-refractivity contribution in [2.24, 2.45) is 10.7 Å². The van der Waals surface area contributed by atoms with Crippen LogP contribution in [0.2, 0.25) is 5.02 Å². The van der Waals surface area contributed by atoms with Gasteiger partial charge in [0.1, 0.15) is 5.82 Å². The second kappa shape index (κ2) is 11.9. The quantitative estimate of drug-likeness (QED) is 0.283. The fourth-order valence-corrected chi connectivity index (χ4v) is 3.79. The lowest BCUT2D eigenvalue weighted by atomic mass is 9.84. The molecular weight excluding hydrogens is 508 g/mol. The van der Waals surface area contributed by atoms with Gasteiger partial charge in [-0.15, -0.1) is 24.0 Å². The maximum Gasteiger partial charge on any atom is 0.231 e. The van der Waals surface area contributed by atoms with Gasteiger partial charge < -0.3 is 16.4 Å². The van der Waals surface area contributed by atoms with E-state index in [4.69, 9.17) is 22.3 Å². The predicted octanol–water partition coefficient (Wildman–Crippen LogP) is 2.88. The minimum atomic E-state index is -0.342. The Kier molecular flexibility index (Phi) is 10.6. The number of halogens is 3. The summed E-state index contributed by atoms with van der Waals surface area (Å²) >= 11 is 6.24. The van der Waals surface area contributed by atoms with Crippen molar-refractivity contribution in [3.05, 3.63) is 34.6 Å². The molecule has 4 N–H and O–H groups in total. The number of hydrogen-bond acceptors (Lipinski definition) is 3. The van der Waals surface area contributed by atoms with Crippen LogP contribution in [0.1, 0.15) is 39.2 Å². The summed E-state index contributed by atoms with van der Waals surface area (Å²) in [4.78, 5) is 17.9. The summed E-state index contributed by atoms with van der Waals surface area (Å²) in [5.74, 6) is 0.121. The molecule has 1 amide bonds. The third-order valence-corrected chi connectivity index (χ3v) is 5.26. The van der Waals surface area contributed by atoms with E-state index in [0.717, 1.165) is 44.0 Å². The Morgan fingerprint density at radius 3 is 2.59 bits per heavy atom. The van der Waals surface area contributed by atoms with Crippen LogP contribution in [0.4, 0.5) is 4.39 Å². The van der Waals surface area contributed by atoms with E-state index in [1.54, 1.807) is 6.07 Å². The van der Waals surface area contributed by atoms with Crippen molar-refractivity contribution in [2.45, 2.75) is 45.1 Å². The van der Waals surface area contributed by atoms with Crippen molar-refractivity contribution in [1.82, 2.24) is 15.5 Å². The van der Waals surface area contributed by atoms with E-state index in [-0.39, 0.29) is 41.1 Å². The second-order valence-electron chi connectivity index (χ2n) is 7.86. The summed E-state index contributed by atoms with van der Waals surface area (Å²) in [6.07, 6.45) is 1.84. The van der Waals surface area contributed by atoms with Crippen molar-refractivity contribution in [1.29, 1.82) is 0 Å². The molecule has 2 rings (SSSR count). The smallest absolute Gasteiger partial charge is 0.231 e. The molecule has 9 heteroatoms. The summed E-state index contributed by atoms with van der Waals surface area (Å²) in [7, 11) is 0. The van der Waals surface area contributed by atoms with E-state index < -0.39 is 0 Å². The first kappa shape index (κ1) is 25.9. The SMILES string of the molecule is CCNC(=NCC(C)(C)c1ccc(F)cc1Cl)NC1CCN(CC(N)=O)CC1.I. The van der Waals surface area contributed by atoms with E-state index in [1.165, 1.54) is 12.1 Å². The molecule has 29 heavy (non-hydrogen) atoms. The lowest BCUT2D eigenvalue weighted by Crippen LogP contribution is -2.50. The van der Waals surface area contributed by atoms with Gasteiger partial charge in [0.2, 0.25) is 5.91 Å². The molecule has 0 unspecified atom stereocenters. The van der Waals surface area contributed by atoms with Crippen LogP contribution in [-0.4, -0.2) is 55.5 Å². The number of nitrogens with two attached hydrogens (primary N) is 1. The number of nitrogens with zero attached hydrogens (tertiary/aromatic N) is 2. The molecule has 164 valence electrons. The van der Waals surface area contributed by atoms with Gasteiger partial charge in [-0.3, -0.25) is 14.7 Å². The number of primary amides is 1. The summed E-state index contributed by atoms with van der Waals surface area (Å²) in [5.41, 5.74) is 5.80. The molecule has 0 aliphatic carbocycles. The Bertz CT molecular complexity index is 708. The third-order valence-electron chi connectivity index (χ3n) is 4.94. The Labute approximate surface area is 194 Å². The third kappa shape index (κ3) is 8.25. The average Bonchev–Trinajstić information content (AvgIpc) is 2.61. The van der Waals surface area contributed by atoms with E-state index in [1.807, 2.05) is 20.8 Å². The monoisotopic (exact) mass is 539 g/mol. The number of carbonyl (C=O) groups is 1. The summed E-state index contributed by atoms with van der Waals surface area (Å²) in [6.45, 7) is 9.34. The number of aliphatic imine (C=N–C) groups is 1. The van der Waals surface area contributed by atoms with Gasteiger partial charge in [0, 0.05) is 36.1 Å². The van der Waals surface area contributed by atoms with Crippen molar-refractivity contribution in [2.75, 3.05) is 32.7 Å². The van der Waals surface area contributed by atoms with E-state index in [2.05, 4.69) is 15.5 Å². The van der Waals surface area contributed by atoms with Crippen molar-refractivity contribution >= 4 is 47.4 Å². The molecule has 1 fully saturated rings. The van der Waals surface area contributed by atoms with Crippen LogP contribution in [-0.2, 0) is 10.2 Å². The number of likely N-dealkylation sites (tertiary alicyclic amines) is 1. The maximum absolute atomic E-state index is 13.3. The molecule has 0 spiro atoms. The number of hydrogen-bond donors (Lipinski definition) is 3. The highest BCUT2D eigenvalue weighted by atomic mass is 127. The highest BCUT2D eigenvalue weighted by Crippen LogP contribution is 2.30. The number of piperidine rings is 1. The number of nitrogens with one attached hydrogen (secondary N) is 2. The van der Waals surface area contributed by atoms with Crippen LogP contribution in [0.15, 0.2) is 23.2 Å². The van der Waals surface area contributed by atoms with Gasteiger partial charge in [0.15, 0.2) is 5.96 Å². The summed E-state index contributed by atoms with van der Waals surface area (Å²) in [5, 5.41) is 7.18. The molecule has 1 aromatic carbocycles. The van der Waals surface area contributed by atoms with Crippen molar-refractivity contribution < 1.29 is 9.18 Å². The van der Waals surface area contributed by atoms with Gasteiger partial charge in [-0.2, -0.15) is 0 Å². The Hall–Kier alpha value is -1.13. The molecule has 1 aliphatic rings. The normalized spacial score (nSPS) is 16.2. The predicted molar refractivity (Wildman–Crippen MR) is 128 cm³/mol. The summed E-state index contributed by atoms with van der Waals surface area (Å²) in [6, 6.07) is 4.78. The maximum atomic E-state index is 13.3. The fraction of sp³-hybridized carbons (Fsp3) is 0.600. The zero-order valence-electron chi connectivity index (χ0n) is 17.3. The van der Waals surface area contributed by atoms with Gasteiger partial charge in [-0.05, 0) is 37.5 Å². The highest BCUT2D eigenvalue weighted by molar-refractivity contribution is 14.0. The van der Waals surface area contributed by atoms with E-state index >= 15 is 0 Å². The molecule has 1 aliphatic heterocycles. The molecule has 1 heterocycles. The molecule has 0 bridgehead atoms. The molecule has 0 atom stereocenters. The Morgan fingerprint density at radius 1 is 1.38 bits per heavy atom.